The predicted octanol–water partition coefficient (Wildman–Crippen LogP) is 10.2. The maximum absolute atomic E-state index is 13.5. The van der Waals surface area contributed by atoms with Gasteiger partial charge < -0.3 is 9.29 Å². The number of rotatable bonds is 7. The maximum atomic E-state index is 13.5. The summed E-state index contributed by atoms with van der Waals surface area (Å²) < 4.78 is 102. The first kappa shape index (κ1) is 40.2. The lowest BCUT2D eigenvalue weighted by Gasteiger charge is -2.55. The normalized spacial score (nSPS) is 23.9. The summed E-state index contributed by atoms with van der Waals surface area (Å²) in [5, 5.41) is -5.79. The standard InChI is InChI=1S/C26H31S.C14H17F5O5S/c1-25(2,3)21-16-10-12-18-23(21)27(20-14-8-7-9-15-20)24-19-13-11-17-22(24)26(4,5)6;15-13(16,17)10(14(18,19)25(21,22)23)24-11(20)12-4-7-1-8(5-12)3-9(2-7)6-12/h7-19H,1-6H3;7-10H,1-6H2,(H,21,22,23)/q+1;/p-1. The quantitative estimate of drug-likeness (QED) is 0.104. The molecule has 284 valence electrons. The largest absolute Gasteiger partial charge is 0.743 e. The van der Waals surface area contributed by atoms with Gasteiger partial charge in [-0.25, -0.2) is 8.42 Å². The van der Waals surface area contributed by atoms with Crippen molar-refractivity contribution in [2.24, 2.45) is 23.2 Å². The van der Waals surface area contributed by atoms with Crippen LogP contribution in [0.15, 0.2) is 93.5 Å². The Morgan fingerprint density at radius 3 is 1.46 bits per heavy atom. The van der Waals surface area contributed by atoms with Gasteiger partial charge in [-0.2, -0.15) is 22.0 Å². The van der Waals surface area contributed by atoms with E-state index in [1.54, 1.807) is 0 Å². The second kappa shape index (κ2) is 14.4. The zero-order valence-electron chi connectivity index (χ0n) is 30.3. The number of hydrogen-bond acceptors (Lipinski definition) is 5. The van der Waals surface area contributed by atoms with Crippen molar-refractivity contribution in [2.75, 3.05) is 0 Å². The van der Waals surface area contributed by atoms with Crippen LogP contribution in [0.4, 0.5) is 22.0 Å². The molecule has 0 aliphatic heterocycles. The summed E-state index contributed by atoms with van der Waals surface area (Å²) in [5.74, 6) is -1.08. The molecular formula is C40H47F5O5S2. The first-order valence-corrected chi connectivity index (χ1v) is 20.2. The lowest BCUT2D eigenvalue weighted by atomic mass is 9.49. The van der Waals surface area contributed by atoms with Gasteiger partial charge in [0.2, 0.25) is 0 Å². The van der Waals surface area contributed by atoms with Crippen LogP contribution in [-0.2, 0) is 41.4 Å². The molecule has 3 aromatic rings. The van der Waals surface area contributed by atoms with Crippen molar-refractivity contribution in [1.82, 2.24) is 0 Å². The molecule has 3 aromatic carbocycles. The van der Waals surface area contributed by atoms with Crippen molar-refractivity contribution in [3.05, 3.63) is 90.0 Å². The molecule has 0 radical (unpaired) electrons. The van der Waals surface area contributed by atoms with Crippen LogP contribution in [0, 0.1) is 23.2 Å². The molecule has 0 heterocycles. The third-order valence-electron chi connectivity index (χ3n) is 10.4. The molecule has 1 unspecified atom stereocenters. The van der Waals surface area contributed by atoms with Crippen molar-refractivity contribution in [3.63, 3.8) is 0 Å². The van der Waals surface area contributed by atoms with E-state index in [1.807, 2.05) is 0 Å². The van der Waals surface area contributed by atoms with Crippen molar-refractivity contribution in [1.29, 1.82) is 0 Å². The summed E-state index contributed by atoms with van der Waals surface area (Å²) in [7, 11) is -6.80. The molecule has 5 nitrogen and oxygen atoms in total. The molecule has 12 heteroatoms. The number of ether oxygens (including phenoxy) is 1. The Hall–Kier alpha value is -2.96. The van der Waals surface area contributed by atoms with Crippen LogP contribution in [0.25, 0.3) is 0 Å². The van der Waals surface area contributed by atoms with Crippen LogP contribution >= 0.6 is 0 Å². The van der Waals surface area contributed by atoms with Gasteiger partial charge in [-0.05, 0) is 91.4 Å². The fourth-order valence-corrected chi connectivity index (χ4v) is 11.7. The maximum Gasteiger partial charge on any atom is 0.432 e. The number of carbonyl (C=O) groups excluding carboxylic acids is 1. The minimum Gasteiger partial charge on any atom is -0.743 e. The van der Waals surface area contributed by atoms with Gasteiger partial charge in [0.15, 0.2) is 24.8 Å². The highest BCUT2D eigenvalue weighted by atomic mass is 32.2. The Kier molecular flexibility index (Phi) is 11.1. The Morgan fingerprint density at radius 1 is 0.712 bits per heavy atom. The molecule has 0 saturated heterocycles. The zero-order chi connectivity index (χ0) is 38.5. The number of hydrogen-bond donors (Lipinski definition) is 0. The van der Waals surface area contributed by atoms with E-state index < -0.39 is 39.0 Å². The second-order valence-corrected chi connectivity index (χ2v) is 20.1. The minimum absolute atomic E-state index is 0.104. The molecular weight excluding hydrogens is 720 g/mol. The summed E-state index contributed by atoms with van der Waals surface area (Å²) in [5.41, 5.74) is 1.78. The molecule has 1 atom stereocenters. The Bertz CT molecular complexity index is 1750. The molecule has 0 N–H and O–H groups in total. The fourth-order valence-electron chi connectivity index (χ4n) is 8.51. The monoisotopic (exact) mass is 766 g/mol. The third kappa shape index (κ3) is 8.39. The van der Waals surface area contributed by atoms with Gasteiger partial charge in [0.25, 0.3) is 6.10 Å². The molecule has 0 aromatic heterocycles. The van der Waals surface area contributed by atoms with Crippen molar-refractivity contribution in [3.8, 4) is 0 Å². The van der Waals surface area contributed by atoms with Gasteiger partial charge in [0, 0.05) is 11.1 Å². The lowest BCUT2D eigenvalue weighted by molar-refractivity contribution is -0.266. The van der Waals surface area contributed by atoms with Gasteiger partial charge >= 0.3 is 17.4 Å². The molecule has 4 fully saturated rings. The summed E-state index contributed by atoms with van der Waals surface area (Å²) in [4.78, 5) is 16.6. The topological polar surface area (TPSA) is 83.5 Å². The van der Waals surface area contributed by atoms with E-state index in [1.165, 1.54) is 25.8 Å². The minimum atomic E-state index is -6.67. The Balaban J connectivity index is 0.000000202. The third-order valence-corrected chi connectivity index (χ3v) is 13.7. The van der Waals surface area contributed by atoms with E-state index in [0.717, 1.165) is 19.3 Å². The van der Waals surface area contributed by atoms with Gasteiger partial charge in [0.1, 0.15) is 0 Å². The van der Waals surface area contributed by atoms with E-state index in [9.17, 15) is 39.7 Å². The van der Waals surface area contributed by atoms with Crippen LogP contribution in [0.2, 0.25) is 0 Å². The highest BCUT2D eigenvalue weighted by molar-refractivity contribution is 7.97. The molecule has 7 rings (SSSR count). The average Bonchev–Trinajstić information content (AvgIpc) is 3.02. The summed E-state index contributed by atoms with van der Waals surface area (Å²) in [6.45, 7) is 13.9. The molecule has 0 spiro atoms. The number of benzene rings is 3. The first-order chi connectivity index (χ1) is 23.9. The smallest absolute Gasteiger partial charge is 0.432 e. The predicted molar refractivity (Wildman–Crippen MR) is 190 cm³/mol. The summed E-state index contributed by atoms with van der Waals surface area (Å²) in [6.07, 6.45) is -6.91. The first-order valence-electron chi connectivity index (χ1n) is 17.5. The average molecular weight is 767 g/mol. The fraction of sp³-hybridized carbons (Fsp3) is 0.525. The van der Waals surface area contributed by atoms with Crippen LogP contribution in [0.3, 0.4) is 0 Å². The van der Waals surface area contributed by atoms with Crippen LogP contribution in [0.1, 0.15) is 91.2 Å². The van der Waals surface area contributed by atoms with E-state index >= 15 is 0 Å². The van der Waals surface area contributed by atoms with Gasteiger partial charge in [-0.15, -0.1) is 0 Å². The molecule has 0 amide bonds. The van der Waals surface area contributed by atoms with E-state index in [2.05, 4.69) is 125 Å². The summed E-state index contributed by atoms with van der Waals surface area (Å²) >= 11 is 0. The number of esters is 1. The highest BCUT2D eigenvalue weighted by Gasteiger charge is 2.65. The van der Waals surface area contributed by atoms with Gasteiger partial charge in [-0.1, -0.05) is 96.1 Å². The van der Waals surface area contributed by atoms with E-state index in [-0.39, 0.29) is 58.7 Å². The molecule has 4 bridgehead atoms. The Labute approximate surface area is 306 Å². The number of alkyl halides is 5. The molecule has 4 saturated carbocycles. The van der Waals surface area contributed by atoms with Crippen molar-refractivity contribution >= 4 is 27.0 Å². The SMILES string of the molecule is CC(C)(C)c1ccccc1[S+](c1ccccc1)c1ccccc1C(C)(C)C.O=C(OC(C(F)(F)F)C(F)(F)S(=O)(=O)[O-])C12CC3CC(CC(C3)C1)C2. The number of carbonyl (C=O) groups is 1. The van der Waals surface area contributed by atoms with Crippen molar-refractivity contribution in [2.45, 2.75) is 123 Å². The van der Waals surface area contributed by atoms with Gasteiger partial charge in [-0.3, -0.25) is 4.79 Å². The Morgan fingerprint density at radius 2 is 1.10 bits per heavy atom. The lowest BCUT2D eigenvalue weighted by Crippen LogP contribution is -2.56. The summed E-state index contributed by atoms with van der Waals surface area (Å²) in [6, 6.07) is 29.0. The highest BCUT2D eigenvalue weighted by Crippen LogP contribution is 2.61. The zero-order valence-corrected chi connectivity index (χ0v) is 31.9. The molecule has 52 heavy (non-hydrogen) atoms. The molecule has 4 aliphatic carbocycles. The van der Waals surface area contributed by atoms with Crippen LogP contribution in [0.5, 0.6) is 0 Å². The van der Waals surface area contributed by atoms with Crippen LogP contribution < -0.4 is 0 Å². The van der Waals surface area contributed by atoms with Gasteiger partial charge in [0.05, 0.1) is 16.3 Å². The molecule has 4 aliphatic rings. The van der Waals surface area contributed by atoms with Crippen LogP contribution in [-0.4, -0.2) is 36.5 Å². The van der Waals surface area contributed by atoms with Crippen molar-refractivity contribution < 1.29 is 44.5 Å². The van der Waals surface area contributed by atoms with E-state index in [4.69, 9.17) is 0 Å². The van der Waals surface area contributed by atoms with E-state index in [0.29, 0.717) is 0 Å². The second-order valence-electron chi connectivity index (χ2n) is 16.7. The number of halogens is 5.